The van der Waals surface area contributed by atoms with Gasteiger partial charge in [-0.15, -0.1) is 0 Å². The van der Waals surface area contributed by atoms with E-state index in [2.05, 4.69) is 20.3 Å². The van der Waals surface area contributed by atoms with Crippen molar-refractivity contribution >= 4 is 28.4 Å². The van der Waals surface area contributed by atoms with E-state index in [0.29, 0.717) is 27.9 Å². The molecule has 3 N–H and O–H groups in total. The summed E-state index contributed by atoms with van der Waals surface area (Å²) < 4.78 is 14.2. The summed E-state index contributed by atoms with van der Waals surface area (Å²) in [5.74, 6) is -0.530. The molecule has 0 aliphatic carbocycles. The Kier molecular flexibility index (Phi) is 6.01. The van der Waals surface area contributed by atoms with E-state index in [0.717, 1.165) is 0 Å². The number of benzene rings is 1. The van der Waals surface area contributed by atoms with Crippen LogP contribution in [0.15, 0.2) is 48.9 Å². The van der Waals surface area contributed by atoms with E-state index in [-0.39, 0.29) is 28.7 Å². The standard InChI is InChI=1S/C24H21FN8O/c1-13(31-23-16(11-26)22(27)29-12-30-23)21-20(18-6-4-5-9-28-18)19(24(34)33(2)3)15-10-14(25)7-8-17(15)32-21/h4-10,12-13H,1-3H3,(H3,27,29,30,31)/t13-/m1/s1. The van der Waals surface area contributed by atoms with Gasteiger partial charge < -0.3 is 16.0 Å². The van der Waals surface area contributed by atoms with Gasteiger partial charge in [-0.25, -0.2) is 19.3 Å². The fourth-order valence-corrected chi connectivity index (χ4v) is 3.68. The van der Waals surface area contributed by atoms with Crippen LogP contribution in [0.4, 0.5) is 16.0 Å². The highest BCUT2D eigenvalue weighted by Gasteiger charge is 2.27. The molecule has 0 unspecified atom stereocenters. The van der Waals surface area contributed by atoms with E-state index in [1.807, 2.05) is 13.0 Å². The predicted octanol–water partition coefficient (Wildman–Crippen LogP) is 3.55. The van der Waals surface area contributed by atoms with Crippen molar-refractivity contribution in [3.8, 4) is 17.3 Å². The van der Waals surface area contributed by atoms with E-state index < -0.39 is 11.9 Å². The fourth-order valence-electron chi connectivity index (χ4n) is 3.68. The molecule has 0 radical (unpaired) electrons. The molecule has 10 heteroatoms. The third-order valence-corrected chi connectivity index (χ3v) is 5.27. The van der Waals surface area contributed by atoms with Crippen molar-refractivity contribution in [2.24, 2.45) is 0 Å². The van der Waals surface area contributed by atoms with Crippen LogP contribution in [0.25, 0.3) is 22.2 Å². The Bertz CT molecular complexity index is 1430. The van der Waals surface area contributed by atoms with Gasteiger partial charge in [0.25, 0.3) is 5.91 Å². The molecule has 0 aliphatic heterocycles. The largest absolute Gasteiger partial charge is 0.382 e. The van der Waals surface area contributed by atoms with Crippen LogP contribution in [0, 0.1) is 17.1 Å². The highest BCUT2D eigenvalue weighted by molar-refractivity contribution is 6.11. The maximum absolute atomic E-state index is 14.2. The number of anilines is 2. The molecule has 4 aromatic rings. The minimum atomic E-state index is -0.540. The number of nitrogen functional groups attached to an aromatic ring is 1. The lowest BCUT2D eigenvalue weighted by Gasteiger charge is -2.23. The third kappa shape index (κ3) is 4.06. The molecule has 4 rings (SSSR count). The number of halogens is 1. The average Bonchev–Trinajstić information content (AvgIpc) is 2.83. The van der Waals surface area contributed by atoms with E-state index in [1.165, 1.54) is 29.4 Å². The summed E-state index contributed by atoms with van der Waals surface area (Å²) in [4.78, 5) is 32.0. The average molecular weight is 456 g/mol. The molecule has 1 atom stereocenters. The zero-order valence-electron chi connectivity index (χ0n) is 18.7. The van der Waals surface area contributed by atoms with Gasteiger partial charge in [0.2, 0.25) is 0 Å². The molecule has 0 fully saturated rings. The molecule has 3 aromatic heterocycles. The van der Waals surface area contributed by atoms with Crippen LogP contribution in [0.5, 0.6) is 0 Å². The lowest BCUT2D eigenvalue weighted by Crippen LogP contribution is -2.24. The fraction of sp³-hybridized carbons (Fsp3) is 0.167. The highest BCUT2D eigenvalue weighted by Crippen LogP contribution is 2.36. The zero-order valence-corrected chi connectivity index (χ0v) is 18.7. The minimum Gasteiger partial charge on any atom is -0.382 e. The number of nitrogens with two attached hydrogens (primary N) is 1. The molecule has 9 nitrogen and oxygen atoms in total. The van der Waals surface area contributed by atoms with Crippen molar-refractivity contribution in [2.45, 2.75) is 13.0 Å². The Hall–Kier alpha value is -4.65. The summed E-state index contributed by atoms with van der Waals surface area (Å²) in [7, 11) is 3.25. The van der Waals surface area contributed by atoms with E-state index in [4.69, 9.17) is 10.7 Å². The first-order chi connectivity index (χ1) is 16.3. The van der Waals surface area contributed by atoms with Gasteiger partial charge in [-0.1, -0.05) is 6.07 Å². The normalized spacial score (nSPS) is 11.6. The number of nitrogens with one attached hydrogen (secondary N) is 1. The van der Waals surface area contributed by atoms with Crippen molar-refractivity contribution in [3.05, 3.63) is 71.6 Å². The smallest absolute Gasteiger partial charge is 0.254 e. The molecular formula is C24H21FN8O. The van der Waals surface area contributed by atoms with Crippen molar-refractivity contribution in [1.82, 2.24) is 24.8 Å². The second-order valence-electron chi connectivity index (χ2n) is 7.78. The SMILES string of the molecule is C[C@@H](Nc1ncnc(N)c1C#N)c1nc2ccc(F)cc2c(C(=O)N(C)C)c1-c1ccccn1. The second kappa shape index (κ2) is 9.07. The Labute approximate surface area is 195 Å². The number of hydrogen-bond acceptors (Lipinski definition) is 8. The molecule has 170 valence electrons. The highest BCUT2D eigenvalue weighted by atomic mass is 19.1. The van der Waals surface area contributed by atoms with E-state index in [1.54, 1.807) is 38.5 Å². The number of hydrogen-bond donors (Lipinski definition) is 2. The van der Waals surface area contributed by atoms with Gasteiger partial charge >= 0.3 is 0 Å². The molecule has 1 aromatic carbocycles. The van der Waals surface area contributed by atoms with E-state index >= 15 is 0 Å². The number of aromatic nitrogens is 4. The third-order valence-electron chi connectivity index (χ3n) is 5.27. The number of nitriles is 1. The van der Waals surface area contributed by atoms with Gasteiger partial charge in [-0.2, -0.15) is 5.26 Å². The van der Waals surface area contributed by atoms with Crippen LogP contribution in [0.3, 0.4) is 0 Å². The summed E-state index contributed by atoms with van der Waals surface area (Å²) in [6.45, 7) is 1.81. The van der Waals surface area contributed by atoms with E-state index in [9.17, 15) is 14.4 Å². The molecule has 0 saturated carbocycles. The second-order valence-corrected chi connectivity index (χ2v) is 7.78. The van der Waals surface area contributed by atoms with Crippen LogP contribution in [0.2, 0.25) is 0 Å². The number of nitrogens with zero attached hydrogens (tertiary/aromatic N) is 6. The Morgan fingerprint density at radius 1 is 1.21 bits per heavy atom. The van der Waals surface area contributed by atoms with Gasteiger partial charge in [0, 0.05) is 31.2 Å². The first kappa shape index (κ1) is 22.5. The summed E-state index contributed by atoms with van der Waals surface area (Å²) >= 11 is 0. The number of carbonyl (C=O) groups is 1. The monoisotopic (exact) mass is 456 g/mol. The number of fused-ring (bicyclic) bond motifs is 1. The number of carbonyl (C=O) groups excluding carboxylic acids is 1. The minimum absolute atomic E-state index is 0.0440. The van der Waals surface area contributed by atoms with Crippen LogP contribution >= 0.6 is 0 Å². The number of rotatable bonds is 5. The topological polar surface area (TPSA) is 134 Å². The lowest BCUT2D eigenvalue weighted by atomic mass is 9.93. The molecule has 34 heavy (non-hydrogen) atoms. The molecule has 1 amide bonds. The Balaban J connectivity index is 2.02. The first-order valence-electron chi connectivity index (χ1n) is 10.3. The quantitative estimate of drug-likeness (QED) is 0.466. The van der Waals surface area contributed by atoms with Gasteiger partial charge in [0.1, 0.15) is 35.4 Å². The van der Waals surface area contributed by atoms with Gasteiger partial charge in [-0.05, 0) is 37.3 Å². The lowest BCUT2D eigenvalue weighted by molar-refractivity contribution is 0.0830. The molecule has 0 saturated heterocycles. The van der Waals surface area contributed by atoms with Crippen LogP contribution in [-0.2, 0) is 0 Å². The molecular weight excluding hydrogens is 435 g/mol. The number of pyridine rings is 2. The maximum Gasteiger partial charge on any atom is 0.254 e. The molecule has 0 spiro atoms. The van der Waals surface area contributed by atoms with Crippen LogP contribution < -0.4 is 11.1 Å². The van der Waals surface area contributed by atoms with Gasteiger partial charge in [-0.3, -0.25) is 9.78 Å². The van der Waals surface area contributed by atoms with Crippen molar-refractivity contribution in [3.63, 3.8) is 0 Å². The number of amides is 1. The zero-order chi connectivity index (χ0) is 24.4. The van der Waals surface area contributed by atoms with Crippen molar-refractivity contribution < 1.29 is 9.18 Å². The van der Waals surface area contributed by atoms with Crippen LogP contribution in [-0.4, -0.2) is 44.8 Å². The molecule has 0 bridgehead atoms. The van der Waals surface area contributed by atoms with Gasteiger partial charge in [0.15, 0.2) is 0 Å². The summed E-state index contributed by atoms with van der Waals surface area (Å²) in [5.41, 5.74) is 8.08. The maximum atomic E-state index is 14.2. The Morgan fingerprint density at radius 3 is 2.68 bits per heavy atom. The summed E-state index contributed by atoms with van der Waals surface area (Å²) in [6, 6.07) is 10.9. The Morgan fingerprint density at radius 2 is 2.00 bits per heavy atom. The first-order valence-corrected chi connectivity index (χ1v) is 10.3. The molecule has 0 aliphatic rings. The summed E-state index contributed by atoms with van der Waals surface area (Å²) in [6.07, 6.45) is 2.86. The van der Waals surface area contributed by atoms with Gasteiger partial charge in [0.05, 0.1) is 28.5 Å². The predicted molar refractivity (Wildman–Crippen MR) is 126 cm³/mol. The van der Waals surface area contributed by atoms with Crippen molar-refractivity contribution in [1.29, 1.82) is 5.26 Å². The summed E-state index contributed by atoms with van der Waals surface area (Å²) in [5, 5.41) is 13.0. The molecule has 3 heterocycles. The van der Waals surface area contributed by atoms with Crippen molar-refractivity contribution in [2.75, 3.05) is 25.1 Å². The van der Waals surface area contributed by atoms with Crippen LogP contribution in [0.1, 0.15) is 34.6 Å².